The lowest BCUT2D eigenvalue weighted by Gasteiger charge is -2.19. The van der Waals surface area contributed by atoms with Gasteiger partial charge in [0, 0.05) is 5.69 Å². The van der Waals surface area contributed by atoms with Gasteiger partial charge in [0.05, 0.1) is 24.7 Å². The number of nitriles is 1. The molecule has 7 nitrogen and oxygen atoms in total. The molecular weight excluding hydrogens is 462 g/mol. The standard InChI is InChI=1S/C27H25N3O4S/c1-3-33-21-11-9-20(10-12-21)30-26(32)24(15-19-7-4-6-18(2)14-19)35-27(30)23(16-28)25(31)29-17-22-8-5-13-34-22/h4-14,24H,3,15,17H2,1-2H3,(H,29,31)/b27-23-. The monoisotopic (exact) mass is 487 g/mol. The number of nitrogens with one attached hydrogen (secondary N) is 1. The maximum atomic E-state index is 13.6. The van der Waals surface area contributed by atoms with Crippen LogP contribution in [0.2, 0.25) is 0 Å². The number of benzene rings is 2. The van der Waals surface area contributed by atoms with Crippen LogP contribution in [-0.4, -0.2) is 23.7 Å². The molecule has 0 radical (unpaired) electrons. The van der Waals surface area contributed by atoms with Crippen molar-refractivity contribution in [2.75, 3.05) is 11.5 Å². The molecule has 8 heteroatoms. The number of rotatable bonds is 8. The first-order chi connectivity index (χ1) is 17.0. The van der Waals surface area contributed by atoms with Crippen LogP contribution in [0, 0.1) is 18.3 Å². The van der Waals surface area contributed by atoms with Gasteiger partial charge in [0.25, 0.3) is 5.91 Å². The van der Waals surface area contributed by atoms with Crippen molar-refractivity contribution in [3.63, 3.8) is 0 Å². The van der Waals surface area contributed by atoms with Gasteiger partial charge in [-0.15, -0.1) is 0 Å². The van der Waals surface area contributed by atoms with Crippen molar-refractivity contribution in [2.45, 2.75) is 32.1 Å². The molecule has 1 fully saturated rings. The number of anilines is 1. The van der Waals surface area contributed by atoms with E-state index in [0.717, 1.165) is 11.1 Å². The van der Waals surface area contributed by atoms with Crippen LogP contribution in [0.3, 0.4) is 0 Å². The van der Waals surface area contributed by atoms with Gasteiger partial charge in [0.2, 0.25) is 5.91 Å². The van der Waals surface area contributed by atoms with Gasteiger partial charge < -0.3 is 14.5 Å². The quantitative estimate of drug-likeness (QED) is 0.365. The van der Waals surface area contributed by atoms with Crippen LogP contribution < -0.4 is 15.0 Å². The smallest absolute Gasteiger partial charge is 0.265 e. The van der Waals surface area contributed by atoms with Gasteiger partial charge in [0.15, 0.2) is 0 Å². The molecule has 0 spiro atoms. The van der Waals surface area contributed by atoms with Crippen molar-refractivity contribution in [1.29, 1.82) is 5.26 Å². The fourth-order valence-electron chi connectivity index (χ4n) is 3.80. The fraction of sp³-hybridized carbons (Fsp3) is 0.222. The zero-order chi connectivity index (χ0) is 24.8. The first-order valence-corrected chi connectivity index (χ1v) is 12.1. The Bertz CT molecular complexity index is 1280. The third kappa shape index (κ3) is 5.58. The van der Waals surface area contributed by atoms with Crippen LogP contribution in [0.25, 0.3) is 0 Å². The molecule has 0 aliphatic carbocycles. The Hall–Kier alpha value is -3.96. The molecule has 1 N–H and O–H groups in total. The van der Waals surface area contributed by atoms with E-state index in [0.29, 0.717) is 35.3 Å². The number of furan rings is 1. The number of amides is 2. The van der Waals surface area contributed by atoms with E-state index in [1.54, 1.807) is 36.4 Å². The van der Waals surface area contributed by atoms with Crippen LogP contribution in [0.4, 0.5) is 5.69 Å². The number of aryl methyl sites for hydroxylation is 1. The SMILES string of the molecule is CCOc1ccc(N2C(=O)C(Cc3cccc(C)c3)S/C2=C(/C#N)C(=O)NCc2ccco2)cc1. The van der Waals surface area contributed by atoms with Gasteiger partial charge in [-0.3, -0.25) is 14.5 Å². The van der Waals surface area contributed by atoms with Crippen LogP contribution in [0.15, 0.2) is 81.9 Å². The number of hydrogen-bond donors (Lipinski definition) is 1. The van der Waals surface area contributed by atoms with E-state index >= 15 is 0 Å². The number of carbonyl (C=O) groups excluding carboxylic acids is 2. The average Bonchev–Trinajstić information content (AvgIpc) is 3.48. The van der Waals surface area contributed by atoms with Crippen molar-refractivity contribution >= 4 is 29.3 Å². The summed E-state index contributed by atoms with van der Waals surface area (Å²) >= 11 is 1.24. The molecule has 1 aliphatic heterocycles. The Balaban J connectivity index is 1.67. The normalized spacial score (nSPS) is 16.7. The predicted octanol–water partition coefficient (Wildman–Crippen LogP) is 4.73. The highest BCUT2D eigenvalue weighted by atomic mass is 32.2. The number of thioether (sulfide) groups is 1. The highest BCUT2D eigenvalue weighted by molar-refractivity contribution is 8.05. The Morgan fingerprint density at radius 3 is 2.66 bits per heavy atom. The Kier molecular flexibility index (Phi) is 7.58. The van der Waals surface area contributed by atoms with Crippen molar-refractivity contribution in [3.8, 4) is 11.8 Å². The van der Waals surface area contributed by atoms with Gasteiger partial charge in [-0.1, -0.05) is 41.6 Å². The summed E-state index contributed by atoms with van der Waals surface area (Å²) in [5.74, 6) is 0.499. The lowest BCUT2D eigenvalue weighted by molar-refractivity contribution is -0.117. The fourth-order valence-corrected chi connectivity index (χ4v) is 5.11. The molecule has 2 heterocycles. The van der Waals surface area contributed by atoms with Crippen molar-refractivity contribution in [3.05, 3.63) is 94.4 Å². The molecular formula is C27H25N3O4S. The summed E-state index contributed by atoms with van der Waals surface area (Å²) in [7, 11) is 0. The van der Waals surface area contributed by atoms with Gasteiger partial charge in [0.1, 0.15) is 28.2 Å². The van der Waals surface area contributed by atoms with E-state index in [-0.39, 0.29) is 18.0 Å². The molecule has 35 heavy (non-hydrogen) atoms. The summed E-state index contributed by atoms with van der Waals surface area (Å²) in [6.07, 6.45) is 2.00. The number of hydrogen-bond acceptors (Lipinski definition) is 6. The first-order valence-electron chi connectivity index (χ1n) is 11.2. The summed E-state index contributed by atoms with van der Waals surface area (Å²) < 4.78 is 10.8. The molecule has 1 atom stereocenters. The molecule has 0 saturated carbocycles. The first kappa shape index (κ1) is 24.2. The summed E-state index contributed by atoms with van der Waals surface area (Å²) in [4.78, 5) is 28.0. The average molecular weight is 488 g/mol. The minimum absolute atomic E-state index is 0.115. The Labute approximate surface area is 208 Å². The maximum absolute atomic E-state index is 13.6. The topological polar surface area (TPSA) is 95.6 Å². The van der Waals surface area contributed by atoms with Gasteiger partial charge in [-0.25, -0.2) is 0 Å². The van der Waals surface area contributed by atoms with E-state index in [1.165, 1.54) is 22.9 Å². The molecule has 3 aromatic rings. The van der Waals surface area contributed by atoms with Crippen molar-refractivity contribution in [1.82, 2.24) is 5.32 Å². The summed E-state index contributed by atoms with van der Waals surface area (Å²) in [5.41, 5.74) is 2.58. The van der Waals surface area contributed by atoms with Crippen LogP contribution in [-0.2, 0) is 22.6 Å². The van der Waals surface area contributed by atoms with Gasteiger partial charge in [-0.05, 0) is 62.2 Å². The van der Waals surface area contributed by atoms with Crippen LogP contribution in [0.5, 0.6) is 5.75 Å². The van der Waals surface area contributed by atoms with Crippen LogP contribution in [0.1, 0.15) is 23.8 Å². The number of nitrogens with zero attached hydrogens (tertiary/aromatic N) is 2. The molecule has 4 rings (SSSR count). The molecule has 0 bridgehead atoms. The van der Waals surface area contributed by atoms with E-state index in [9.17, 15) is 14.9 Å². The van der Waals surface area contributed by atoms with E-state index in [4.69, 9.17) is 9.15 Å². The summed E-state index contributed by atoms with van der Waals surface area (Å²) in [6, 6.07) is 20.5. The van der Waals surface area contributed by atoms with E-state index < -0.39 is 11.2 Å². The second-order valence-corrected chi connectivity index (χ2v) is 9.15. The zero-order valence-electron chi connectivity index (χ0n) is 19.5. The van der Waals surface area contributed by atoms with Gasteiger partial charge >= 0.3 is 0 Å². The van der Waals surface area contributed by atoms with E-state index in [1.807, 2.05) is 44.2 Å². The third-order valence-corrected chi connectivity index (χ3v) is 6.68. The largest absolute Gasteiger partial charge is 0.494 e. The van der Waals surface area contributed by atoms with Crippen molar-refractivity contribution in [2.24, 2.45) is 0 Å². The summed E-state index contributed by atoms with van der Waals surface area (Å²) in [5, 5.41) is 12.5. The Morgan fingerprint density at radius 2 is 2.00 bits per heavy atom. The molecule has 1 aromatic heterocycles. The zero-order valence-corrected chi connectivity index (χ0v) is 20.3. The molecule has 1 unspecified atom stereocenters. The van der Waals surface area contributed by atoms with Crippen molar-refractivity contribution < 1.29 is 18.7 Å². The predicted molar refractivity (Wildman–Crippen MR) is 135 cm³/mol. The molecule has 2 aromatic carbocycles. The molecule has 1 saturated heterocycles. The van der Waals surface area contributed by atoms with Crippen LogP contribution >= 0.6 is 11.8 Å². The third-order valence-electron chi connectivity index (χ3n) is 5.42. The maximum Gasteiger partial charge on any atom is 0.265 e. The highest BCUT2D eigenvalue weighted by Crippen LogP contribution is 2.42. The highest BCUT2D eigenvalue weighted by Gasteiger charge is 2.40. The molecule has 178 valence electrons. The lowest BCUT2D eigenvalue weighted by atomic mass is 10.1. The lowest BCUT2D eigenvalue weighted by Crippen LogP contribution is -2.32. The Morgan fingerprint density at radius 1 is 1.20 bits per heavy atom. The second kappa shape index (κ2) is 11.0. The molecule has 1 aliphatic rings. The van der Waals surface area contributed by atoms with E-state index in [2.05, 4.69) is 5.32 Å². The molecule has 2 amide bonds. The summed E-state index contributed by atoms with van der Waals surface area (Å²) in [6.45, 7) is 4.56. The minimum Gasteiger partial charge on any atom is -0.494 e. The minimum atomic E-state index is -0.564. The number of ether oxygens (including phenoxy) is 1. The number of carbonyl (C=O) groups is 2. The second-order valence-electron chi connectivity index (χ2n) is 7.95. The van der Waals surface area contributed by atoms with Gasteiger partial charge in [-0.2, -0.15) is 5.26 Å².